The molecule has 1 N–H and O–H groups in total. The van der Waals surface area contributed by atoms with Crippen molar-refractivity contribution in [2.24, 2.45) is 0 Å². The lowest BCUT2D eigenvalue weighted by atomic mass is 10.7. The second kappa shape index (κ2) is 3.96. The van der Waals surface area contributed by atoms with Gasteiger partial charge in [-0.2, -0.15) is 15.0 Å². The third-order valence-corrected chi connectivity index (χ3v) is 1.94. The first-order valence-corrected chi connectivity index (χ1v) is 4.96. The van der Waals surface area contributed by atoms with Crippen LogP contribution in [0.25, 0.3) is 0 Å². The molecule has 76 valence electrons. The molecule has 0 aromatic carbocycles. The van der Waals surface area contributed by atoms with Crippen LogP contribution in [-0.2, 0) is 0 Å². The fourth-order valence-corrected chi connectivity index (χ4v) is 1.15. The number of nitrogens with zero attached hydrogens (tertiary/aromatic N) is 3. The molecular formula is C8H11ClN4O. The van der Waals surface area contributed by atoms with Crippen LogP contribution in [0.5, 0.6) is 6.01 Å². The van der Waals surface area contributed by atoms with Crippen LogP contribution in [0.4, 0.5) is 5.95 Å². The molecule has 1 aromatic rings. The Kier molecular flexibility index (Phi) is 2.67. The van der Waals surface area contributed by atoms with Gasteiger partial charge in [-0.1, -0.05) is 0 Å². The summed E-state index contributed by atoms with van der Waals surface area (Å²) in [6.07, 6.45) is 2.32. The number of aromatic nitrogens is 3. The third kappa shape index (κ3) is 2.45. The van der Waals surface area contributed by atoms with E-state index in [2.05, 4.69) is 20.3 Å². The van der Waals surface area contributed by atoms with E-state index in [1.807, 2.05) is 6.92 Å². The van der Waals surface area contributed by atoms with Gasteiger partial charge < -0.3 is 10.1 Å². The molecular weight excluding hydrogens is 204 g/mol. The largest absolute Gasteiger partial charge is 0.464 e. The van der Waals surface area contributed by atoms with Gasteiger partial charge in [-0.05, 0) is 31.4 Å². The van der Waals surface area contributed by atoms with Crippen molar-refractivity contribution in [2.45, 2.75) is 25.8 Å². The predicted octanol–water partition coefficient (Wildman–Crippen LogP) is 1.50. The summed E-state index contributed by atoms with van der Waals surface area (Å²) in [4.78, 5) is 11.8. The van der Waals surface area contributed by atoms with Crippen LogP contribution in [0.1, 0.15) is 19.8 Å². The molecule has 1 aliphatic carbocycles. The van der Waals surface area contributed by atoms with Crippen molar-refractivity contribution in [1.82, 2.24) is 15.0 Å². The van der Waals surface area contributed by atoms with Gasteiger partial charge in [-0.3, -0.25) is 0 Å². The highest BCUT2D eigenvalue weighted by molar-refractivity contribution is 6.28. The van der Waals surface area contributed by atoms with Gasteiger partial charge >= 0.3 is 6.01 Å². The minimum atomic E-state index is 0.159. The summed E-state index contributed by atoms with van der Waals surface area (Å²) in [6, 6.07) is 0.763. The minimum absolute atomic E-state index is 0.159. The van der Waals surface area contributed by atoms with Crippen LogP contribution >= 0.6 is 11.6 Å². The Hall–Kier alpha value is -1.10. The zero-order valence-corrected chi connectivity index (χ0v) is 8.58. The van der Waals surface area contributed by atoms with E-state index in [9.17, 15) is 0 Å². The quantitative estimate of drug-likeness (QED) is 0.823. The summed E-state index contributed by atoms with van der Waals surface area (Å²) in [5.74, 6) is 0.496. The number of rotatable bonds is 4. The third-order valence-electron chi connectivity index (χ3n) is 1.77. The van der Waals surface area contributed by atoms with E-state index in [4.69, 9.17) is 16.3 Å². The minimum Gasteiger partial charge on any atom is -0.464 e. The maximum Gasteiger partial charge on any atom is 0.322 e. The van der Waals surface area contributed by atoms with Gasteiger partial charge in [0.2, 0.25) is 11.2 Å². The monoisotopic (exact) mass is 214 g/mol. The van der Waals surface area contributed by atoms with E-state index < -0.39 is 0 Å². The number of hydrogen-bond acceptors (Lipinski definition) is 5. The summed E-state index contributed by atoms with van der Waals surface area (Å²) in [5.41, 5.74) is 0. The lowest BCUT2D eigenvalue weighted by molar-refractivity contribution is 0.312. The van der Waals surface area contributed by atoms with Crippen LogP contribution in [0.15, 0.2) is 0 Å². The van der Waals surface area contributed by atoms with Crippen molar-refractivity contribution in [2.75, 3.05) is 11.9 Å². The normalized spacial score (nSPS) is 15.3. The number of nitrogens with one attached hydrogen (secondary N) is 1. The van der Waals surface area contributed by atoms with Crippen LogP contribution < -0.4 is 10.1 Å². The lowest BCUT2D eigenvalue weighted by Crippen LogP contribution is -2.08. The number of anilines is 1. The molecule has 1 aromatic heterocycles. The van der Waals surface area contributed by atoms with Gasteiger partial charge in [0.25, 0.3) is 0 Å². The number of ether oxygens (including phenoxy) is 1. The van der Waals surface area contributed by atoms with Gasteiger partial charge in [0.1, 0.15) is 0 Å². The molecule has 1 saturated carbocycles. The molecule has 2 rings (SSSR count). The molecule has 1 aliphatic rings. The maximum atomic E-state index is 5.71. The summed E-state index contributed by atoms with van der Waals surface area (Å²) in [5, 5.41) is 3.29. The SMILES string of the molecule is CCOc1nc(Cl)nc(NC2CC2)n1. The van der Waals surface area contributed by atoms with Crippen molar-refractivity contribution in [3.05, 3.63) is 5.28 Å². The summed E-state index contributed by atoms with van der Waals surface area (Å²) < 4.78 is 5.14. The molecule has 0 aliphatic heterocycles. The smallest absolute Gasteiger partial charge is 0.322 e. The summed E-state index contributed by atoms with van der Waals surface area (Å²) >= 11 is 5.71. The van der Waals surface area contributed by atoms with E-state index in [1.54, 1.807) is 0 Å². The zero-order chi connectivity index (χ0) is 9.97. The highest BCUT2D eigenvalue weighted by Crippen LogP contribution is 2.23. The first-order chi connectivity index (χ1) is 6.78. The molecule has 0 bridgehead atoms. The highest BCUT2D eigenvalue weighted by Gasteiger charge is 2.22. The second-order valence-corrected chi connectivity index (χ2v) is 3.40. The molecule has 0 amide bonds. The average Bonchev–Trinajstić information content (AvgIpc) is 2.87. The number of hydrogen-bond donors (Lipinski definition) is 1. The standard InChI is InChI=1S/C8H11ClN4O/c1-2-14-8-12-6(9)11-7(13-8)10-5-3-4-5/h5H,2-4H2,1H3,(H,10,11,12,13). The zero-order valence-electron chi connectivity index (χ0n) is 7.83. The van der Waals surface area contributed by atoms with E-state index in [1.165, 1.54) is 0 Å². The number of halogens is 1. The van der Waals surface area contributed by atoms with Gasteiger partial charge in [-0.25, -0.2) is 0 Å². The Labute approximate surface area is 86.9 Å². The molecule has 6 heteroatoms. The molecule has 14 heavy (non-hydrogen) atoms. The van der Waals surface area contributed by atoms with Crippen LogP contribution in [0.3, 0.4) is 0 Å². The first-order valence-electron chi connectivity index (χ1n) is 4.59. The van der Waals surface area contributed by atoms with Crippen LogP contribution in [0.2, 0.25) is 5.28 Å². The maximum absolute atomic E-state index is 5.71. The molecule has 0 atom stereocenters. The van der Waals surface area contributed by atoms with Crippen molar-refractivity contribution < 1.29 is 4.74 Å². The second-order valence-electron chi connectivity index (χ2n) is 3.06. The fourth-order valence-electron chi connectivity index (χ4n) is 1.00. The first kappa shape index (κ1) is 9.45. The van der Waals surface area contributed by atoms with Crippen molar-refractivity contribution >= 4 is 17.5 Å². The predicted molar refractivity (Wildman–Crippen MR) is 52.7 cm³/mol. The van der Waals surface area contributed by atoms with Crippen molar-refractivity contribution in [3.8, 4) is 6.01 Å². The summed E-state index contributed by atoms with van der Waals surface area (Å²) in [7, 11) is 0. The molecule has 5 nitrogen and oxygen atoms in total. The van der Waals surface area contributed by atoms with Crippen molar-refractivity contribution in [1.29, 1.82) is 0 Å². The molecule has 0 saturated heterocycles. The van der Waals surface area contributed by atoms with E-state index in [0.29, 0.717) is 18.6 Å². The van der Waals surface area contributed by atoms with Gasteiger partial charge in [-0.15, -0.1) is 0 Å². The summed E-state index contributed by atoms with van der Waals surface area (Å²) in [6.45, 7) is 2.38. The topological polar surface area (TPSA) is 59.9 Å². The Morgan fingerprint density at radius 2 is 2.21 bits per heavy atom. The average molecular weight is 215 g/mol. The Bertz CT molecular complexity index is 329. The van der Waals surface area contributed by atoms with Crippen molar-refractivity contribution in [3.63, 3.8) is 0 Å². The Balaban J connectivity index is 2.12. The van der Waals surface area contributed by atoms with Gasteiger partial charge in [0.15, 0.2) is 0 Å². The molecule has 1 fully saturated rings. The van der Waals surface area contributed by atoms with E-state index in [-0.39, 0.29) is 11.3 Å². The Morgan fingerprint density at radius 3 is 2.86 bits per heavy atom. The highest BCUT2D eigenvalue weighted by atomic mass is 35.5. The molecule has 1 heterocycles. The van der Waals surface area contributed by atoms with Gasteiger partial charge in [0.05, 0.1) is 6.61 Å². The Morgan fingerprint density at radius 1 is 1.43 bits per heavy atom. The van der Waals surface area contributed by atoms with Crippen LogP contribution in [-0.4, -0.2) is 27.6 Å². The lowest BCUT2D eigenvalue weighted by Gasteiger charge is -2.04. The molecule has 0 radical (unpaired) electrons. The van der Waals surface area contributed by atoms with E-state index in [0.717, 1.165) is 12.8 Å². The molecule has 0 spiro atoms. The molecule has 0 unspecified atom stereocenters. The van der Waals surface area contributed by atoms with Crippen LogP contribution in [0, 0.1) is 0 Å². The fraction of sp³-hybridized carbons (Fsp3) is 0.625. The van der Waals surface area contributed by atoms with Gasteiger partial charge in [0, 0.05) is 6.04 Å². The van der Waals surface area contributed by atoms with E-state index >= 15 is 0 Å².